The summed E-state index contributed by atoms with van der Waals surface area (Å²) in [5.74, 6) is -1.25. The summed E-state index contributed by atoms with van der Waals surface area (Å²) in [6, 6.07) is 9.86. The van der Waals surface area contributed by atoms with Crippen LogP contribution in [-0.4, -0.2) is 12.0 Å². The minimum absolute atomic E-state index is 0.108. The zero-order valence-corrected chi connectivity index (χ0v) is 10.7. The fourth-order valence-electron chi connectivity index (χ4n) is 1.89. The van der Waals surface area contributed by atoms with Crippen LogP contribution in [0.2, 0.25) is 0 Å². The maximum absolute atomic E-state index is 13.9. The molecule has 0 atom stereocenters. The van der Waals surface area contributed by atoms with Crippen LogP contribution in [0.15, 0.2) is 42.5 Å². The maximum Gasteiger partial charge on any atom is 0.305 e. The van der Waals surface area contributed by atoms with Crippen molar-refractivity contribution in [3.8, 4) is 0 Å². The molecule has 4 nitrogen and oxygen atoms in total. The van der Waals surface area contributed by atoms with Crippen molar-refractivity contribution in [3.63, 3.8) is 0 Å². The van der Waals surface area contributed by atoms with Crippen molar-refractivity contribution in [3.05, 3.63) is 69.8 Å². The third-order valence-electron chi connectivity index (χ3n) is 2.91. The molecule has 0 aromatic heterocycles. The average molecular weight is 278 g/mol. The highest BCUT2D eigenvalue weighted by Crippen LogP contribution is 2.23. The fraction of sp³-hybridized carbons (Fsp3) is 0.143. The SMILES string of the molecule is CN(Cc1cccc([N+](=O)[O-])c1F)c1cccc(F)c1. The molecule has 104 valence electrons. The van der Waals surface area contributed by atoms with Gasteiger partial charge in [0.1, 0.15) is 5.82 Å². The molecule has 20 heavy (non-hydrogen) atoms. The monoisotopic (exact) mass is 278 g/mol. The predicted octanol–water partition coefficient (Wildman–Crippen LogP) is 3.51. The van der Waals surface area contributed by atoms with Gasteiger partial charge in [0.15, 0.2) is 0 Å². The van der Waals surface area contributed by atoms with Crippen LogP contribution >= 0.6 is 0 Å². The van der Waals surface area contributed by atoms with E-state index in [2.05, 4.69) is 0 Å². The molecule has 6 heteroatoms. The van der Waals surface area contributed by atoms with E-state index in [1.54, 1.807) is 24.1 Å². The van der Waals surface area contributed by atoms with Crippen molar-refractivity contribution in [1.29, 1.82) is 0 Å². The minimum Gasteiger partial charge on any atom is -0.370 e. The van der Waals surface area contributed by atoms with Crippen molar-refractivity contribution in [1.82, 2.24) is 0 Å². The molecule has 0 saturated heterocycles. The smallest absolute Gasteiger partial charge is 0.305 e. The van der Waals surface area contributed by atoms with Crippen molar-refractivity contribution in [2.24, 2.45) is 0 Å². The lowest BCUT2D eigenvalue weighted by Crippen LogP contribution is -2.17. The number of benzene rings is 2. The summed E-state index contributed by atoms with van der Waals surface area (Å²) in [4.78, 5) is 11.5. The number of nitrogens with zero attached hydrogens (tertiary/aromatic N) is 2. The molecule has 0 aliphatic heterocycles. The number of anilines is 1. The van der Waals surface area contributed by atoms with Gasteiger partial charge in [-0.3, -0.25) is 10.1 Å². The molecule has 0 saturated carbocycles. The van der Waals surface area contributed by atoms with E-state index in [4.69, 9.17) is 0 Å². The number of hydrogen-bond donors (Lipinski definition) is 0. The molecule has 0 unspecified atom stereocenters. The Morgan fingerprint density at radius 3 is 2.55 bits per heavy atom. The summed E-state index contributed by atoms with van der Waals surface area (Å²) >= 11 is 0. The second-order valence-electron chi connectivity index (χ2n) is 4.34. The molecule has 0 bridgehead atoms. The molecule has 0 radical (unpaired) electrons. The van der Waals surface area contributed by atoms with E-state index in [1.165, 1.54) is 24.3 Å². The zero-order chi connectivity index (χ0) is 14.7. The van der Waals surface area contributed by atoms with Crippen molar-refractivity contribution in [2.45, 2.75) is 6.54 Å². The van der Waals surface area contributed by atoms with Crippen LogP contribution in [0, 0.1) is 21.7 Å². The first-order valence-electron chi connectivity index (χ1n) is 5.87. The molecule has 0 spiro atoms. The Labute approximate surface area is 114 Å². The lowest BCUT2D eigenvalue weighted by Gasteiger charge is -2.19. The Kier molecular flexibility index (Phi) is 3.93. The minimum atomic E-state index is -0.860. The Hall–Kier alpha value is -2.50. The predicted molar refractivity (Wildman–Crippen MR) is 71.6 cm³/mol. The highest BCUT2D eigenvalue weighted by atomic mass is 19.1. The number of nitro benzene ring substituents is 1. The molecule has 0 heterocycles. The first-order chi connectivity index (χ1) is 9.49. The van der Waals surface area contributed by atoms with Crippen LogP contribution in [0.5, 0.6) is 0 Å². The van der Waals surface area contributed by atoms with Gasteiger partial charge < -0.3 is 4.90 Å². The van der Waals surface area contributed by atoms with E-state index in [0.717, 1.165) is 6.07 Å². The summed E-state index contributed by atoms with van der Waals surface area (Å²) in [6.45, 7) is 0.108. The van der Waals surface area contributed by atoms with Gasteiger partial charge in [-0.15, -0.1) is 0 Å². The highest BCUT2D eigenvalue weighted by Gasteiger charge is 2.18. The summed E-state index contributed by atoms with van der Waals surface area (Å²) in [6.07, 6.45) is 0. The van der Waals surface area contributed by atoms with E-state index in [9.17, 15) is 18.9 Å². The summed E-state index contributed by atoms with van der Waals surface area (Å²) in [5, 5.41) is 10.7. The van der Waals surface area contributed by atoms with E-state index < -0.39 is 22.2 Å². The molecular formula is C14H12F2N2O2. The van der Waals surface area contributed by atoms with E-state index in [1.807, 2.05) is 0 Å². The summed E-state index contributed by atoms with van der Waals surface area (Å²) in [7, 11) is 1.66. The summed E-state index contributed by atoms with van der Waals surface area (Å²) < 4.78 is 27.1. The molecule has 2 aromatic carbocycles. The van der Waals surface area contributed by atoms with E-state index >= 15 is 0 Å². The number of rotatable bonds is 4. The lowest BCUT2D eigenvalue weighted by molar-refractivity contribution is -0.387. The third-order valence-corrected chi connectivity index (χ3v) is 2.91. The fourth-order valence-corrected chi connectivity index (χ4v) is 1.89. The molecule has 2 aromatic rings. The van der Waals surface area contributed by atoms with Gasteiger partial charge >= 0.3 is 5.69 Å². The Morgan fingerprint density at radius 2 is 1.90 bits per heavy atom. The highest BCUT2D eigenvalue weighted by molar-refractivity contribution is 5.47. The quantitative estimate of drug-likeness (QED) is 0.635. The molecular weight excluding hydrogens is 266 g/mol. The largest absolute Gasteiger partial charge is 0.370 e. The van der Waals surface area contributed by atoms with Crippen molar-refractivity contribution < 1.29 is 13.7 Å². The second-order valence-corrected chi connectivity index (χ2v) is 4.34. The number of hydrogen-bond acceptors (Lipinski definition) is 3. The maximum atomic E-state index is 13.9. The molecule has 0 N–H and O–H groups in total. The lowest BCUT2D eigenvalue weighted by atomic mass is 10.1. The van der Waals surface area contributed by atoms with Gasteiger partial charge in [-0.05, 0) is 18.2 Å². The van der Waals surface area contributed by atoms with Gasteiger partial charge in [0.2, 0.25) is 5.82 Å². The Balaban J connectivity index is 2.26. The van der Waals surface area contributed by atoms with Crippen LogP contribution in [0.1, 0.15) is 5.56 Å². The van der Waals surface area contributed by atoms with Crippen LogP contribution in [0.25, 0.3) is 0 Å². The topological polar surface area (TPSA) is 46.4 Å². The van der Waals surface area contributed by atoms with Crippen LogP contribution in [0.3, 0.4) is 0 Å². The van der Waals surface area contributed by atoms with Crippen molar-refractivity contribution in [2.75, 3.05) is 11.9 Å². The van der Waals surface area contributed by atoms with Crippen LogP contribution < -0.4 is 4.90 Å². The van der Waals surface area contributed by atoms with Gasteiger partial charge in [-0.2, -0.15) is 4.39 Å². The normalized spacial score (nSPS) is 10.3. The third kappa shape index (κ3) is 2.90. The second kappa shape index (κ2) is 5.64. The molecule has 0 fully saturated rings. The van der Waals surface area contributed by atoms with Gasteiger partial charge in [0, 0.05) is 30.9 Å². The first-order valence-corrected chi connectivity index (χ1v) is 5.87. The molecule has 0 amide bonds. The van der Waals surface area contributed by atoms with Crippen LogP contribution in [0.4, 0.5) is 20.2 Å². The Morgan fingerprint density at radius 1 is 1.20 bits per heavy atom. The first kappa shape index (κ1) is 13.9. The number of halogens is 2. The van der Waals surface area contributed by atoms with E-state index in [-0.39, 0.29) is 12.1 Å². The average Bonchev–Trinajstić information content (AvgIpc) is 2.40. The molecule has 0 aliphatic carbocycles. The van der Waals surface area contributed by atoms with Gasteiger partial charge in [0.05, 0.1) is 4.92 Å². The molecule has 0 aliphatic rings. The van der Waals surface area contributed by atoms with Gasteiger partial charge in [-0.25, -0.2) is 4.39 Å². The van der Waals surface area contributed by atoms with Gasteiger partial charge in [0.25, 0.3) is 0 Å². The standard InChI is InChI=1S/C14H12F2N2O2/c1-17(12-6-3-5-11(15)8-12)9-10-4-2-7-13(14(10)16)18(19)20/h2-8H,9H2,1H3. The number of nitro groups is 1. The van der Waals surface area contributed by atoms with E-state index in [0.29, 0.717) is 5.69 Å². The molecule has 2 rings (SSSR count). The van der Waals surface area contributed by atoms with Gasteiger partial charge in [-0.1, -0.05) is 18.2 Å². The van der Waals surface area contributed by atoms with Crippen molar-refractivity contribution >= 4 is 11.4 Å². The zero-order valence-electron chi connectivity index (χ0n) is 10.7. The van der Waals surface area contributed by atoms with Crippen LogP contribution in [-0.2, 0) is 6.54 Å². The Bertz CT molecular complexity index is 647. The summed E-state index contributed by atoms with van der Waals surface area (Å²) in [5.41, 5.74) is 0.192.